The minimum Gasteiger partial charge on any atom is -0.479 e. The number of hydrogen-bond acceptors (Lipinski definition) is 8. The maximum absolute atomic E-state index is 14.8. The maximum atomic E-state index is 14.8. The monoisotopic (exact) mass is 495 g/mol. The molecule has 2 rings (SSSR count). The van der Waals surface area contributed by atoms with E-state index in [1.807, 2.05) is 0 Å². The molecule has 0 aliphatic carbocycles. The lowest BCUT2D eigenvalue weighted by molar-refractivity contribution is -0.168. The molecule has 0 saturated heterocycles. The molecule has 0 amide bonds. The Morgan fingerprint density at radius 3 is 2.35 bits per heavy atom. The van der Waals surface area contributed by atoms with Crippen molar-refractivity contribution in [2.24, 2.45) is 28.1 Å². The zero-order chi connectivity index (χ0) is 25.5. The predicted molar refractivity (Wildman–Crippen MR) is 120 cm³/mol. The lowest BCUT2D eigenvalue weighted by Crippen LogP contribution is -2.54. The number of halogens is 1. The number of nitrogens with zero attached hydrogens (tertiary/aromatic N) is 1. The van der Waals surface area contributed by atoms with Gasteiger partial charge in [0.2, 0.25) is 6.10 Å². The van der Waals surface area contributed by atoms with Gasteiger partial charge in [-0.15, -0.1) is 0 Å². The van der Waals surface area contributed by atoms with Crippen LogP contribution in [0.5, 0.6) is 0 Å². The SMILES string of the molecule is CC(C)C(N)(O[P+](=O)OC(C(=O)O)c1cccc(N=C(N)N)c1F)C(=O)OCc1ccccc1. The number of carboxylic acid groups (broad SMARTS) is 1. The molecule has 0 spiro atoms. The molecule has 11 nitrogen and oxygen atoms in total. The predicted octanol–water partition coefficient (Wildman–Crippen LogP) is 2.60. The van der Waals surface area contributed by atoms with Crippen molar-refractivity contribution in [3.8, 4) is 0 Å². The third kappa shape index (κ3) is 6.78. The summed E-state index contributed by atoms with van der Waals surface area (Å²) in [5, 5.41) is 9.52. The van der Waals surface area contributed by atoms with Crippen LogP contribution in [0.15, 0.2) is 53.5 Å². The minimum absolute atomic E-state index is 0.132. The Labute approximate surface area is 195 Å². The van der Waals surface area contributed by atoms with Crippen LogP contribution in [-0.4, -0.2) is 28.7 Å². The van der Waals surface area contributed by atoms with Crippen LogP contribution in [0, 0.1) is 11.7 Å². The number of carbonyl (C=O) groups is 2. The number of benzene rings is 2. The van der Waals surface area contributed by atoms with Crippen LogP contribution >= 0.6 is 8.25 Å². The molecule has 182 valence electrons. The molecule has 0 radical (unpaired) electrons. The van der Waals surface area contributed by atoms with Gasteiger partial charge in [-0.2, -0.15) is 0 Å². The van der Waals surface area contributed by atoms with Gasteiger partial charge in [0.1, 0.15) is 12.3 Å². The summed E-state index contributed by atoms with van der Waals surface area (Å²) in [4.78, 5) is 27.9. The van der Waals surface area contributed by atoms with Gasteiger partial charge in [-0.25, -0.2) is 19.0 Å². The number of aliphatic carboxylic acids is 1. The van der Waals surface area contributed by atoms with Crippen molar-refractivity contribution in [2.75, 3.05) is 0 Å². The Hall–Kier alpha value is -3.44. The van der Waals surface area contributed by atoms with Gasteiger partial charge in [0, 0.05) is 16.0 Å². The molecule has 34 heavy (non-hydrogen) atoms. The minimum atomic E-state index is -3.34. The lowest BCUT2D eigenvalue weighted by Gasteiger charge is -2.24. The van der Waals surface area contributed by atoms with Gasteiger partial charge in [0.25, 0.3) is 5.72 Å². The highest BCUT2D eigenvalue weighted by molar-refractivity contribution is 7.33. The van der Waals surface area contributed by atoms with Crippen LogP contribution in [-0.2, 0) is 34.5 Å². The van der Waals surface area contributed by atoms with E-state index < -0.39 is 55.3 Å². The van der Waals surface area contributed by atoms with E-state index in [0.717, 1.165) is 6.07 Å². The van der Waals surface area contributed by atoms with Gasteiger partial charge in [-0.1, -0.05) is 65.4 Å². The van der Waals surface area contributed by atoms with E-state index in [0.29, 0.717) is 5.56 Å². The molecule has 3 atom stereocenters. The Morgan fingerprint density at radius 1 is 1.15 bits per heavy atom. The van der Waals surface area contributed by atoms with Gasteiger partial charge in [-0.05, 0) is 11.6 Å². The molecule has 7 N–H and O–H groups in total. The molecule has 0 fully saturated rings. The third-order valence-corrected chi connectivity index (χ3v) is 5.41. The molecule has 3 unspecified atom stereocenters. The normalized spacial score (nSPS) is 14.1. The number of hydrogen-bond donors (Lipinski definition) is 4. The van der Waals surface area contributed by atoms with Crippen LogP contribution < -0.4 is 17.2 Å². The molecule has 0 aliphatic heterocycles. The molecule has 13 heteroatoms. The van der Waals surface area contributed by atoms with Crippen molar-refractivity contribution in [1.29, 1.82) is 0 Å². The topological polar surface area (TPSA) is 190 Å². The van der Waals surface area contributed by atoms with Crippen LogP contribution in [0.1, 0.15) is 31.1 Å². The summed E-state index contributed by atoms with van der Waals surface area (Å²) in [6.07, 6.45) is -2.09. The molecule has 0 aromatic heterocycles. The Kier molecular flexibility index (Phi) is 9.16. The highest BCUT2D eigenvalue weighted by Crippen LogP contribution is 2.40. The lowest BCUT2D eigenvalue weighted by atomic mass is 10.0. The second-order valence-corrected chi connectivity index (χ2v) is 8.21. The number of esters is 1. The standard InChI is InChI=1S/C21H24FN4O7P/c1-12(2)21(25,19(29)31-11-13-7-4-3-5-8-13)33-34(30)32-17(18(27)28)14-9-6-10-15(16(14)22)26-20(23)24/h3-10,12,17H,11,25H2,1-2H3,(H4-,23,24,26,27,28)/p+1. The van der Waals surface area contributed by atoms with E-state index in [9.17, 15) is 23.7 Å². The van der Waals surface area contributed by atoms with Gasteiger partial charge < -0.3 is 21.3 Å². The van der Waals surface area contributed by atoms with E-state index >= 15 is 0 Å². The van der Waals surface area contributed by atoms with Gasteiger partial charge in [0.05, 0.1) is 0 Å². The van der Waals surface area contributed by atoms with Gasteiger partial charge in [0.15, 0.2) is 11.8 Å². The quantitative estimate of drug-likeness (QED) is 0.118. The summed E-state index contributed by atoms with van der Waals surface area (Å²) in [6, 6.07) is 12.3. The molecule has 0 aliphatic rings. The molecule has 2 aromatic carbocycles. The van der Waals surface area contributed by atoms with Crippen LogP contribution in [0.3, 0.4) is 0 Å². The first-order chi connectivity index (χ1) is 16.0. The molecule has 0 heterocycles. The largest absolute Gasteiger partial charge is 0.701 e. The summed E-state index contributed by atoms with van der Waals surface area (Å²) >= 11 is 0. The summed E-state index contributed by atoms with van der Waals surface area (Å²) in [5.74, 6) is -5.07. The van der Waals surface area contributed by atoms with Crippen molar-refractivity contribution in [2.45, 2.75) is 32.3 Å². The van der Waals surface area contributed by atoms with E-state index in [4.69, 9.17) is 31.0 Å². The number of carbonyl (C=O) groups excluding carboxylic acids is 1. The molecule has 0 bridgehead atoms. The third-order valence-electron chi connectivity index (χ3n) is 4.57. The van der Waals surface area contributed by atoms with E-state index in [-0.39, 0.29) is 12.3 Å². The van der Waals surface area contributed by atoms with E-state index in [1.54, 1.807) is 30.3 Å². The molecular formula is C21H25FN4O7P+. The zero-order valence-corrected chi connectivity index (χ0v) is 19.3. The second kappa shape index (κ2) is 11.6. The Bertz CT molecular complexity index is 1080. The maximum Gasteiger partial charge on any atom is 0.701 e. The van der Waals surface area contributed by atoms with Gasteiger partial charge in [-0.3, -0.25) is 5.73 Å². The van der Waals surface area contributed by atoms with Crippen molar-refractivity contribution >= 4 is 31.8 Å². The molecule has 0 saturated carbocycles. The smallest absolute Gasteiger partial charge is 0.479 e. The fourth-order valence-electron chi connectivity index (χ4n) is 2.65. The van der Waals surface area contributed by atoms with E-state index in [2.05, 4.69) is 4.99 Å². The van der Waals surface area contributed by atoms with Crippen molar-refractivity contribution in [3.05, 3.63) is 65.5 Å². The van der Waals surface area contributed by atoms with Crippen LogP contribution in [0.2, 0.25) is 0 Å². The summed E-state index contributed by atoms with van der Waals surface area (Å²) < 4.78 is 42.6. The van der Waals surface area contributed by atoms with E-state index in [1.165, 1.54) is 26.0 Å². The van der Waals surface area contributed by atoms with Crippen molar-refractivity contribution in [1.82, 2.24) is 0 Å². The first-order valence-corrected chi connectivity index (χ1v) is 11.0. The first-order valence-electron chi connectivity index (χ1n) is 9.89. The Balaban J connectivity index is 2.21. The fraction of sp³-hybridized carbons (Fsp3) is 0.286. The van der Waals surface area contributed by atoms with Crippen molar-refractivity contribution in [3.63, 3.8) is 0 Å². The summed E-state index contributed by atoms with van der Waals surface area (Å²) in [7, 11) is -3.34. The number of nitrogens with two attached hydrogens (primary N) is 3. The first kappa shape index (κ1) is 26.8. The van der Waals surface area contributed by atoms with Crippen LogP contribution in [0.4, 0.5) is 10.1 Å². The number of ether oxygens (including phenoxy) is 1. The second-order valence-electron chi connectivity index (χ2n) is 7.37. The highest BCUT2D eigenvalue weighted by Gasteiger charge is 2.51. The number of carboxylic acids is 1. The summed E-state index contributed by atoms with van der Waals surface area (Å²) in [6.45, 7) is 2.87. The van der Waals surface area contributed by atoms with Gasteiger partial charge >= 0.3 is 20.2 Å². The molecular weight excluding hydrogens is 470 g/mol. The van der Waals surface area contributed by atoms with Crippen molar-refractivity contribution < 1.29 is 37.4 Å². The highest BCUT2D eigenvalue weighted by atomic mass is 31.1. The molecule has 2 aromatic rings. The van der Waals surface area contributed by atoms with Crippen LogP contribution in [0.25, 0.3) is 0 Å². The zero-order valence-electron chi connectivity index (χ0n) is 18.4. The summed E-state index contributed by atoms with van der Waals surface area (Å²) in [5.41, 5.74) is 14.0. The number of rotatable bonds is 11. The number of aliphatic imine (C=N–C) groups is 1. The average Bonchev–Trinajstić information content (AvgIpc) is 2.77. The number of guanidine groups is 1. The fourth-order valence-corrected chi connectivity index (χ4v) is 3.60. The Morgan fingerprint density at radius 2 is 1.79 bits per heavy atom. The average molecular weight is 495 g/mol.